The van der Waals surface area contributed by atoms with Crippen molar-refractivity contribution in [2.24, 2.45) is 17.8 Å². The molecule has 0 spiro atoms. The van der Waals surface area contributed by atoms with E-state index in [9.17, 15) is 65.9 Å². The maximum absolute atomic E-state index is 15.0. The van der Waals surface area contributed by atoms with Crippen LogP contribution in [-0.4, -0.2) is 22.3 Å². The van der Waals surface area contributed by atoms with Gasteiger partial charge in [0.15, 0.2) is 52.2 Å². The lowest BCUT2D eigenvalue weighted by atomic mass is 9.74. The first-order valence-electron chi connectivity index (χ1n) is 30.7. The van der Waals surface area contributed by atoms with Crippen LogP contribution in [0.5, 0.6) is 11.5 Å². The summed E-state index contributed by atoms with van der Waals surface area (Å²) in [6.45, 7) is 5.80. The summed E-state index contributed by atoms with van der Waals surface area (Å²) in [5.41, 5.74) is -0.771. The number of rotatable bonds is 15. The Kier molecular flexibility index (Phi) is 26.4. The lowest BCUT2D eigenvalue weighted by Crippen LogP contribution is -2.36. The summed E-state index contributed by atoms with van der Waals surface area (Å²) in [7, 11) is -2.11. The predicted octanol–water partition coefficient (Wildman–Crippen LogP) is 21.1. The Morgan fingerprint density at radius 3 is 1.02 bits per heavy atom. The van der Waals surface area contributed by atoms with Gasteiger partial charge >= 0.3 is 7.12 Å². The first-order chi connectivity index (χ1) is 43.3. The van der Waals surface area contributed by atoms with Crippen LogP contribution >= 0.6 is 15.9 Å². The van der Waals surface area contributed by atoms with Gasteiger partial charge in [0.25, 0.3) is 0 Å². The van der Waals surface area contributed by atoms with Crippen molar-refractivity contribution in [3.63, 3.8) is 0 Å². The molecule has 3 fully saturated rings. The second-order valence-corrected chi connectivity index (χ2v) is 24.7. The maximum atomic E-state index is 15.0. The molecular weight excluding hydrogens is 1280 g/mol. The zero-order valence-electron chi connectivity index (χ0n) is 50.4. The van der Waals surface area contributed by atoms with E-state index in [1.165, 1.54) is 67.8 Å². The summed E-state index contributed by atoms with van der Waals surface area (Å²) in [6.07, 6.45) is 18.7. The third-order valence-electron chi connectivity index (χ3n) is 17.4. The molecule has 0 heterocycles. The number of hydrogen-bond acceptors (Lipinski definition) is 4. The highest BCUT2D eigenvalue weighted by atomic mass is 79.9. The molecule has 0 unspecified atom stereocenters. The topological polar surface area (TPSA) is 69.9 Å². The van der Waals surface area contributed by atoms with Gasteiger partial charge in [0.2, 0.25) is 0 Å². The van der Waals surface area contributed by atoms with Gasteiger partial charge in [0.1, 0.15) is 53.1 Å². The Morgan fingerprint density at radius 1 is 0.396 bits per heavy atom. The SMILES string of the molecule is CCCC1CCC(c2cc(F)c(-c3cc(F)c(O)c(F)c3)c(F)c2)CC1.CCCC1CCC(c2cc(F)c(-c3cc(F)c(OCc4cc(F)c(F)c(F)c4)c(F)c3)c(F)c2)CC1.CCCC1CCC(c2cc(F)c(B(O)O)c(F)c2)CC1.Fc1cc(F)cc(Br)c1. The molecule has 0 saturated heterocycles. The summed E-state index contributed by atoms with van der Waals surface area (Å²) >= 11 is 2.93. The molecule has 3 aliphatic carbocycles. The van der Waals surface area contributed by atoms with Crippen LogP contribution in [0.2, 0.25) is 0 Å². The van der Waals surface area contributed by atoms with Crippen LogP contribution in [0.3, 0.4) is 0 Å². The fourth-order valence-electron chi connectivity index (χ4n) is 12.8. The molecule has 490 valence electrons. The Bertz CT molecular complexity index is 3400. The van der Waals surface area contributed by atoms with Crippen molar-refractivity contribution in [3.05, 3.63) is 205 Å². The monoisotopic (exact) mass is 1350 g/mol. The molecule has 0 bridgehead atoms. The predicted molar refractivity (Wildman–Crippen MR) is 325 cm³/mol. The third kappa shape index (κ3) is 19.3. The molecule has 4 nitrogen and oxygen atoms in total. The summed E-state index contributed by atoms with van der Waals surface area (Å²) in [6, 6.07) is 14.9. The molecule has 3 aliphatic rings. The Balaban J connectivity index is 0.000000187. The van der Waals surface area contributed by atoms with E-state index in [2.05, 4.69) is 36.7 Å². The van der Waals surface area contributed by atoms with E-state index < -0.39 is 129 Å². The van der Waals surface area contributed by atoms with Crippen molar-refractivity contribution < 1.29 is 85.7 Å². The van der Waals surface area contributed by atoms with Crippen molar-refractivity contribution in [3.8, 4) is 33.8 Å². The number of phenolic OH excluding ortho intramolecular Hbond substituents is 1. The highest BCUT2D eigenvalue weighted by molar-refractivity contribution is 9.10. The average Bonchev–Trinajstić information content (AvgIpc) is 0.894. The molecule has 0 aromatic heterocycles. The summed E-state index contributed by atoms with van der Waals surface area (Å²) in [5, 5.41) is 27.1. The van der Waals surface area contributed by atoms with Crippen molar-refractivity contribution in [2.45, 2.75) is 161 Å². The molecule has 7 aromatic rings. The Hall–Kier alpha value is -6.45. The van der Waals surface area contributed by atoms with E-state index in [1.807, 2.05) is 0 Å². The van der Waals surface area contributed by atoms with E-state index >= 15 is 0 Å². The summed E-state index contributed by atoms with van der Waals surface area (Å²) < 4.78 is 212. The lowest BCUT2D eigenvalue weighted by Gasteiger charge is -2.29. The quantitative estimate of drug-likeness (QED) is 0.0544. The molecule has 3 N–H and O–H groups in total. The maximum Gasteiger partial charge on any atom is 0.494 e. The largest absolute Gasteiger partial charge is 0.503 e. The Morgan fingerprint density at radius 2 is 0.714 bits per heavy atom. The van der Waals surface area contributed by atoms with Crippen molar-refractivity contribution in [2.75, 3.05) is 0 Å². The van der Waals surface area contributed by atoms with E-state index in [1.54, 1.807) is 0 Å². The molecule has 7 aromatic carbocycles. The summed E-state index contributed by atoms with van der Waals surface area (Å²) in [5.74, 6) is -15.8. The molecule has 0 amide bonds. The van der Waals surface area contributed by atoms with Gasteiger partial charge in [-0.3, -0.25) is 0 Å². The van der Waals surface area contributed by atoms with Crippen LogP contribution in [0, 0.1) is 105 Å². The van der Waals surface area contributed by atoms with Crippen LogP contribution in [-0.2, 0) is 6.61 Å². The van der Waals surface area contributed by atoms with Gasteiger partial charge in [0.05, 0.1) is 16.6 Å². The number of ether oxygens (including phenoxy) is 1. The molecule has 0 aliphatic heterocycles. The van der Waals surface area contributed by atoms with Crippen molar-refractivity contribution >= 4 is 28.5 Å². The number of aromatic hydroxyl groups is 1. The third-order valence-corrected chi connectivity index (χ3v) is 17.8. The van der Waals surface area contributed by atoms with Gasteiger partial charge in [-0.25, -0.2) is 65.9 Å². The van der Waals surface area contributed by atoms with E-state index in [-0.39, 0.29) is 34.4 Å². The minimum Gasteiger partial charge on any atom is -0.503 e. The average molecular weight is 1350 g/mol. The van der Waals surface area contributed by atoms with E-state index in [0.29, 0.717) is 45.1 Å². The molecule has 21 heteroatoms. The lowest BCUT2D eigenvalue weighted by molar-refractivity contribution is 0.272. The highest BCUT2D eigenvalue weighted by Crippen LogP contribution is 2.43. The van der Waals surface area contributed by atoms with Crippen LogP contribution in [0.25, 0.3) is 22.3 Å². The van der Waals surface area contributed by atoms with Gasteiger partial charge in [-0.05, 0) is 231 Å². The molecule has 0 atom stereocenters. The number of hydrogen-bond donors (Lipinski definition) is 3. The van der Waals surface area contributed by atoms with Crippen molar-refractivity contribution in [1.29, 1.82) is 0 Å². The van der Waals surface area contributed by atoms with Gasteiger partial charge in [-0.2, -0.15) is 0 Å². The fraction of sp³-hybridized carbons (Fsp3) is 0.400. The first kappa shape index (κ1) is 72.0. The number of phenols is 1. The van der Waals surface area contributed by atoms with E-state index in [0.717, 1.165) is 133 Å². The smallest absolute Gasteiger partial charge is 0.494 e. The van der Waals surface area contributed by atoms with Crippen LogP contribution in [0.4, 0.5) is 65.9 Å². The normalized spacial score (nSPS) is 18.9. The second kappa shape index (κ2) is 33.4. The second-order valence-electron chi connectivity index (χ2n) is 23.8. The zero-order chi connectivity index (χ0) is 66.4. The molecule has 0 radical (unpaired) electrons. The molecule has 10 rings (SSSR count). The van der Waals surface area contributed by atoms with Crippen LogP contribution in [0.15, 0.2) is 95.5 Å². The van der Waals surface area contributed by atoms with E-state index in [4.69, 9.17) is 19.9 Å². The molecule has 91 heavy (non-hydrogen) atoms. The van der Waals surface area contributed by atoms with Crippen LogP contribution < -0.4 is 10.2 Å². The van der Waals surface area contributed by atoms with Crippen LogP contribution in [0.1, 0.15) is 176 Å². The number of benzene rings is 7. The van der Waals surface area contributed by atoms with Gasteiger partial charge < -0.3 is 19.9 Å². The number of halogens is 16. The minimum absolute atomic E-state index is 0.0292. The summed E-state index contributed by atoms with van der Waals surface area (Å²) in [4.78, 5) is 0. The fourth-order valence-corrected chi connectivity index (χ4v) is 13.2. The van der Waals surface area contributed by atoms with Gasteiger partial charge in [-0.1, -0.05) is 75.2 Å². The molecular formula is C70H71BBrF15O4. The zero-order valence-corrected chi connectivity index (χ0v) is 52.0. The first-order valence-corrected chi connectivity index (χ1v) is 31.5. The molecule has 3 saturated carbocycles. The Labute approximate surface area is 529 Å². The highest BCUT2D eigenvalue weighted by Gasteiger charge is 2.30. The van der Waals surface area contributed by atoms with Crippen molar-refractivity contribution in [1.82, 2.24) is 0 Å². The standard InChI is InChI=1S/C28H25F7O.C21H22F4O.C15H21BF2O2.C6H3BrF2/c1-2-3-15-4-6-17(7-5-15)18-10-20(29)26(21(30)11-18)19-12-24(33)28(25(34)13-19)36-14-16-8-22(31)27(35)23(32)9-16;1-2-3-12-4-6-13(7-5-12)14-8-16(22)20(17(23)9-14)15-10-18(24)21(26)19(25)11-15;1-2-3-10-4-6-11(7-5-10)12-8-13(17)15(16(19)20)14(18)9-12;7-4-1-5(8)3-6(9)2-4/h8-13,15,17H,2-7,14H2,1H3;8-13,26H,2-7H2,1H3;8-11,19-20H,2-7H2,1H3;1-3H. The van der Waals surface area contributed by atoms with Gasteiger partial charge in [-0.15, -0.1) is 0 Å². The minimum atomic E-state index is -2.11. The van der Waals surface area contributed by atoms with Gasteiger partial charge in [0, 0.05) is 10.5 Å².